The summed E-state index contributed by atoms with van der Waals surface area (Å²) in [5.41, 5.74) is 1.77. The van der Waals surface area contributed by atoms with Gasteiger partial charge in [0.15, 0.2) is 5.76 Å². The fraction of sp³-hybridized carbons (Fsp3) is 0.250. The van der Waals surface area contributed by atoms with Gasteiger partial charge in [0.1, 0.15) is 12.4 Å². The Bertz CT molecular complexity index is 451. The van der Waals surface area contributed by atoms with E-state index in [0.717, 1.165) is 11.1 Å². The Morgan fingerprint density at radius 3 is 2.94 bits per heavy atom. The Morgan fingerprint density at radius 1 is 1.38 bits per heavy atom. The molecule has 0 saturated heterocycles. The van der Waals surface area contributed by atoms with Gasteiger partial charge in [-0.25, -0.2) is 0 Å². The van der Waals surface area contributed by atoms with Crippen LogP contribution in [0.15, 0.2) is 35.0 Å². The molecule has 0 spiro atoms. The second-order valence-corrected chi connectivity index (χ2v) is 3.49. The Morgan fingerprint density at radius 2 is 2.25 bits per heavy atom. The van der Waals surface area contributed by atoms with E-state index in [-0.39, 0.29) is 6.61 Å². The highest BCUT2D eigenvalue weighted by Crippen LogP contribution is 2.24. The molecule has 4 nitrogen and oxygen atoms in total. The third-order valence-corrected chi connectivity index (χ3v) is 2.31. The maximum Gasteiger partial charge on any atom is 0.174 e. The number of para-hydroxylation sites is 1. The van der Waals surface area contributed by atoms with E-state index in [1.807, 2.05) is 25.1 Å². The van der Waals surface area contributed by atoms with Gasteiger partial charge >= 0.3 is 0 Å². The van der Waals surface area contributed by atoms with Crippen molar-refractivity contribution < 1.29 is 14.4 Å². The predicted molar refractivity (Wildman–Crippen MR) is 57.9 cm³/mol. The highest BCUT2D eigenvalue weighted by Gasteiger charge is 2.07. The van der Waals surface area contributed by atoms with E-state index < -0.39 is 0 Å². The molecule has 0 saturated carbocycles. The second-order valence-electron chi connectivity index (χ2n) is 3.49. The van der Waals surface area contributed by atoms with Crippen molar-refractivity contribution in [2.75, 3.05) is 0 Å². The molecule has 0 aliphatic rings. The Labute approximate surface area is 93.5 Å². The molecule has 0 aliphatic carbocycles. The van der Waals surface area contributed by atoms with Crippen LogP contribution in [0.25, 0.3) is 0 Å². The molecular formula is C12H13NO3. The summed E-state index contributed by atoms with van der Waals surface area (Å²) >= 11 is 0. The number of aryl methyl sites for hydroxylation is 1. The molecule has 0 amide bonds. The van der Waals surface area contributed by atoms with Crippen LogP contribution in [-0.4, -0.2) is 10.3 Å². The summed E-state index contributed by atoms with van der Waals surface area (Å²) in [6.45, 7) is 2.22. The van der Waals surface area contributed by atoms with Gasteiger partial charge in [-0.3, -0.25) is 0 Å². The van der Waals surface area contributed by atoms with Gasteiger partial charge in [-0.1, -0.05) is 23.4 Å². The molecule has 0 bridgehead atoms. The third-order valence-electron chi connectivity index (χ3n) is 2.31. The third kappa shape index (κ3) is 2.23. The maximum atomic E-state index is 9.18. The van der Waals surface area contributed by atoms with E-state index in [2.05, 4.69) is 5.16 Å². The molecular weight excluding hydrogens is 206 g/mol. The number of ether oxygens (including phenoxy) is 1. The first-order valence-corrected chi connectivity index (χ1v) is 5.03. The van der Waals surface area contributed by atoms with Gasteiger partial charge in [0.05, 0.1) is 12.8 Å². The van der Waals surface area contributed by atoms with Crippen LogP contribution in [0, 0.1) is 6.92 Å². The van der Waals surface area contributed by atoms with Crippen LogP contribution in [-0.2, 0) is 13.2 Å². The first-order valence-electron chi connectivity index (χ1n) is 5.03. The van der Waals surface area contributed by atoms with Crippen molar-refractivity contribution in [2.45, 2.75) is 20.1 Å². The van der Waals surface area contributed by atoms with Crippen molar-refractivity contribution in [1.29, 1.82) is 0 Å². The van der Waals surface area contributed by atoms with Gasteiger partial charge in [-0.05, 0) is 12.5 Å². The van der Waals surface area contributed by atoms with Gasteiger partial charge in [-0.2, -0.15) is 0 Å². The zero-order chi connectivity index (χ0) is 11.4. The summed E-state index contributed by atoms with van der Waals surface area (Å²) in [7, 11) is 0. The molecule has 1 N–H and O–H groups in total. The SMILES string of the molecule is Cc1cccc(CO)c1OCc1ccno1. The highest BCUT2D eigenvalue weighted by molar-refractivity contribution is 5.40. The predicted octanol–water partition coefficient (Wildman–Crippen LogP) is 2.05. The normalized spacial score (nSPS) is 10.4. The number of aromatic nitrogens is 1. The molecule has 1 heterocycles. The van der Waals surface area contributed by atoms with Crippen LogP contribution < -0.4 is 4.74 Å². The van der Waals surface area contributed by atoms with E-state index in [9.17, 15) is 5.11 Å². The standard InChI is InChI=1S/C12H13NO3/c1-9-3-2-4-10(7-14)12(9)15-8-11-5-6-13-16-11/h2-6,14H,7-8H2,1H3. The largest absolute Gasteiger partial charge is 0.485 e. The molecule has 0 atom stereocenters. The van der Waals surface area contributed by atoms with Gasteiger partial charge in [0.2, 0.25) is 0 Å². The number of aliphatic hydroxyl groups is 1. The summed E-state index contributed by atoms with van der Waals surface area (Å²) in [6, 6.07) is 7.41. The molecule has 0 radical (unpaired) electrons. The first kappa shape index (κ1) is 10.7. The lowest BCUT2D eigenvalue weighted by atomic mass is 10.1. The van der Waals surface area contributed by atoms with Crippen LogP contribution in [0.3, 0.4) is 0 Å². The minimum atomic E-state index is -0.0343. The molecule has 2 aromatic rings. The first-order chi connectivity index (χ1) is 7.81. The van der Waals surface area contributed by atoms with Crippen LogP contribution in [0.4, 0.5) is 0 Å². The van der Waals surface area contributed by atoms with Crippen molar-refractivity contribution in [1.82, 2.24) is 5.16 Å². The van der Waals surface area contributed by atoms with E-state index in [1.165, 1.54) is 0 Å². The number of aliphatic hydroxyl groups excluding tert-OH is 1. The highest BCUT2D eigenvalue weighted by atomic mass is 16.5. The van der Waals surface area contributed by atoms with Crippen molar-refractivity contribution in [3.63, 3.8) is 0 Å². The van der Waals surface area contributed by atoms with Crippen LogP contribution in [0.5, 0.6) is 5.75 Å². The number of rotatable bonds is 4. The fourth-order valence-corrected chi connectivity index (χ4v) is 1.50. The zero-order valence-corrected chi connectivity index (χ0v) is 9.01. The minimum absolute atomic E-state index is 0.0343. The van der Waals surface area contributed by atoms with Gasteiger partial charge < -0.3 is 14.4 Å². The Hall–Kier alpha value is -1.81. The summed E-state index contributed by atoms with van der Waals surface area (Å²) in [4.78, 5) is 0. The molecule has 0 aliphatic heterocycles. The smallest absolute Gasteiger partial charge is 0.174 e. The molecule has 1 aromatic heterocycles. The fourth-order valence-electron chi connectivity index (χ4n) is 1.50. The van der Waals surface area contributed by atoms with Crippen LogP contribution in [0.2, 0.25) is 0 Å². The second kappa shape index (κ2) is 4.81. The monoisotopic (exact) mass is 219 g/mol. The number of hydrogen-bond acceptors (Lipinski definition) is 4. The molecule has 1 aromatic carbocycles. The molecule has 16 heavy (non-hydrogen) atoms. The van der Waals surface area contributed by atoms with Crippen LogP contribution >= 0.6 is 0 Å². The molecule has 2 rings (SSSR count). The van der Waals surface area contributed by atoms with Crippen molar-refractivity contribution in [3.8, 4) is 5.75 Å². The summed E-state index contributed by atoms with van der Waals surface area (Å²) in [5, 5.41) is 12.8. The van der Waals surface area contributed by atoms with Gasteiger partial charge in [-0.15, -0.1) is 0 Å². The van der Waals surface area contributed by atoms with Crippen molar-refractivity contribution >= 4 is 0 Å². The minimum Gasteiger partial charge on any atom is -0.485 e. The Balaban J connectivity index is 2.14. The summed E-state index contributed by atoms with van der Waals surface area (Å²) < 4.78 is 10.5. The molecule has 4 heteroatoms. The van der Waals surface area contributed by atoms with E-state index >= 15 is 0 Å². The topological polar surface area (TPSA) is 55.5 Å². The van der Waals surface area contributed by atoms with E-state index in [0.29, 0.717) is 18.1 Å². The summed E-state index contributed by atoms with van der Waals surface area (Å²) in [5.74, 6) is 1.37. The quantitative estimate of drug-likeness (QED) is 0.855. The van der Waals surface area contributed by atoms with E-state index in [1.54, 1.807) is 12.3 Å². The molecule has 0 unspecified atom stereocenters. The number of benzene rings is 1. The average Bonchev–Trinajstić information content (AvgIpc) is 2.80. The lowest BCUT2D eigenvalue weighted by Gasteiger charge is -2.11. The number of nitrogens with zero attached hydrogens (tertiary/aromatic N) is 1. The van der Waals surface area contributed by atoms with E-state index in [4.69, 9.17) is 9.26 Å². The maximum absolute atomic E-state index is 9.18. The average molecular weight is 219 g/mol. The van der Waals surface area contributed by atoms with Crippen molar-refractivity contribution in [3.05, 3.63) is 47.3 Å². The van der Waals surface area contributed by atoms with Crippen LogP contribution in [0.1, 0.15) is 16.9 Å². The number of hydrogen-bond donors (Lipinski definition) is 1. The lowest BCUT2D eigenvalue weighted by Crippen LogP contribution is -1.99. The van der Waals surface area contributed by atoms with Gasteiger partial charge in [0.25, 0.3) is 0 Å². The zero-order valence-electron chi connectivity index (χ0n) is 9.01. The lowest BCUT2D eigenvalue weighted by molar-refractivity contribution is 0.232. The Kier molecular flexibility index (Phi) is 3.22. The summed E-state index contributed by atoms with van der Waals surface area (Å²) in [6.07, 6.45) is 1.57. The molecule has 84 valence electrons. The van der Waals surface area contributed by atoms with Gasteiger partial charge in [0, 0.05) is 11.6 Å². The van der Waals surface area contributed by atoms with Crippen molar-refractivity contribution in [2.24, 2.45) is 0 Å². The molecule has 0 fully saturated rings.